The van der Waals surface area contributed by atoms with Crippen molar-refractivity contribution in [2.45, 2.75) is 0 Å². The van der Waals surface area contributed by atoms with Crippen LogP contribution in [0.5, 0.6) is 11.5 Å². The quantitative estimate of drug-likeness (QED) is 0.545. The number of rotatable bonds is 8. The lowest BCUT2D eigenvalue weighted by Gasteiger charge is -2.22. The second-order valence-electron chi connectivity index (χ2n) is 5.70. The van der Waals surface area contributed by atoms with Crippen LogP contribution in [0, 0.1) is 0 Å². The molecule has 6 heteroatoms. The van der Waals surface area contributed by atoms with Crippen LogP contribution in [0.15, 0.2) is 36.4 Å². The highest BCUT2D eigenvalue weighted by Gasteiger charge is 2.34. The molecule has 0 N–H and O–H groups in total. The molecule has 0 radical (unpaired) electrons. The minimum absolute atomic E-state index is 0.190. The maximum Gasteiger partial charge on any atom is 0.198 e. The molecule has 0 aliphatic heterocycles. The van der Waals surface area contributed by atoms with Crippen molar-refractivity contribution >= 4 is 35.1 Å². The second kappa shape index (κ2) is 8.64. The zero-order valence-corrected chi connectivity index (χ0v) is 16.4. The van der Waals surface area contributed by atoms with Gasteiger partial charge in [0, 0.05) is 22.6 Å². The number of ketones is 2. The van der Waals surface area contributed by atoms with E-state index in [1.54, 1.807) is 59.9 Å². The van der Waals surface area contributed by atoms with Crippen molar-refractivity contribution in [2.24, 2.45) is 0 Å². The Balaban J connectivity index is 2.00. The predicted octanol–water partition coefficient (Wildman–Crippen LogP) is 3.95. The van der Waals surface area contributed by atoms with Gasteiger partial charge in [0.25, 0.3) is 0 Å². The van der Waals surface area contributed by atoms with Gasteiger partial charge in [-0.25, -0.2) is 0 Å². The molecule has 0 saturated heterocycles. The Labute approximate surface area is 161 Å². The summed E-state index contributed by atoms with van der Waals surface area (Å²) in [5.74, 6) is 2.18. The van der Waals surface area contributed by atoms with Gasteiger partial charge in [0.05, 0.1) is 24.3 Å². The Kier molecular flexibility index (Phi) is 6.27. The molecule has 0 fully saturated rings. The molecule has 2 aromatic carbocycles. The number of fused-ring (bicyclic) bond motifs is 2. The Bertz CT molecular complexity index is 763. The van der Waals surface area contributed by atoms with Gasteiger partial charge in [0.15, 0.2) is 11.6 Å². The second-order valence-corrected chi connectivity index (χ2v) is 7.67. The fourth-order valence-electron chi connectivity index (χ4n) is 2.89. The first kappa shape index (κ1) is 18.9. The maximum atomic E-state index is 13.1. The molecule has 0 heterocycles. The topological polar surface area (TPSA) is 52.6 Å². The largest absolute Gasteiger partial charge is 0.492 e. The number of ether oxygens (including phenoxy) is 2. The van der Waals surface area contributed by atoms with E-state index in [0.29, 0.717) is 47.0 Å². The van der Waals surface area contributed by atoms with E-state index >= 15 is 0 Å². The molecular formula is C20H20O4S2. The minimum atomic E-state index is -0.190. The van der Waals surface area contributed by atoms with Gasteiger partial charge in [-0.15, -0.1) is 0 Å². The highest BCUT2D eigenvalue weighted by molar-refractivity contribution is 7.98. The number of carbonyl (C=O) groups is 2. The lowest BCUT2D eigenvalue weighted by Crippen LogP contribution is -2.23. The van der Waals surface area contributed by atoms with E-state index in [4.69, 9.17) is 9.47 Å². The Morgan fingerprint density at radius 2 is 1.15 bits per heavy atom. The summed E-state index contributed by atoms with van der Waals surface area (Å²) in [5, 5.41) is 0. The molecule has 0 spiro atoms. The van der Waals surface area contributed by atoms with Gasteiger partial charge < -0.3 is 9.47 Å². The van der Waals surface area contributed by atoms with Crippen LogP contribution < -0.4 is 9.47 Å². The van der Waals surface area contributed by atoms with E-state index in [1.807, 2.05) is 12.5 Å². The Morgan fingerprint density at radius 3 is 1.54 bits per heavy atom. The van der Waals surface area contributed by atoms with Crippen molar-refractivity contribution in [3.8, 4) is 11.5 Å². The lowest BCUT2D eigenvalue weighted by atomic mass is 9.83. The molecule has 0 amide bonds. The summed E-state index contributed by atoms with van der Waals surface area (Å²) >= 11 is 3.33. The highest BCUT2D eigenvalue weighted by atomic mass is 32.2. The summed E-state index contributed by atoms with van der Waals surface area (Å²) in [7, 11) is 0. The monoisotopic (exact) mass is 388 g/mol. The standard InChI is InChI=1S/C20H20O4S2/c1-25-11-9-23-15-7-3-5-13-17(15)19(21)14-6-4-8-16(18(14)20(13)22)24-10-12-26-2/h3-8H,9-12H2,1-2H3. The third-order valence-corrected chi connectivity index (χ3v) is 5.24. The molecule has 0 aromatic heterocycles. The minimum Gasteiger partial charge on any atom is -0.492 e. The first-order valence-electron chi connectivity index (χ1n) is 8.28. The highest BCUT2D eigenvalue weighted by Crippen LogP contribution is 2.37. The van der Waals surface area contributed by atoms with Crippen LogP contribution in [0.2, 0.25) is 0 Å². The summed E-state index contributed by atoms with van der Waals surface area (Å²) in [6.45, 7) is 0.980. The molecule has 1 aliphatic rings. The van der Waals surface area contributed by atoms with Crippen molar-refractivity contribution in [3.63, 3.8) is 0 Å². The van der Waals surface area contributed by atoms with Crippen LogP contribution in [0.25, 0.3) is 0 Å². The van der Waals surface area contributed by atoms with E-state index in [9.17, 15) is 9.59 Å². The number of benzene rings is 2. The van der Waals surface area contributed by atoms with Crippen LogP contribution >= 0.6 is 23.5 Å². The van der Waals surface area contributed by atoms with Crippen molar-refractivity contribution < 1.29 is 19.1 Å². The van der Waals surface area contributed by atoms with Crippen molar-refractivity contribution in [3.05, 3.63) is 58.7 Å². The van der Waals surface area contributed by atoms with Crippen molar-refractivity contribution in [1.82, 2.24) is 0 Å². The van der Waals surface area contributed by atoms with Crippen LogP contribution in [-0.2, 0) is 0 Å². The Morgan fingerprint density at radius 1 is 0.731 bits per heavy atom. The Hall–Kier alpha value is -1.92. The van der Waals surface area contributed by atoms with E-state index in [2.05, 4.69) is 0 Å². The predicted molar refractivity (Wildman–Crippen MR) is 108 cm³/mol. The van der Waals surface area contributed by atoms with Crippen LogP contribution in [0.4, 0.5) is 0 Å². The number of hydrogen-bond acceptors (Lipinski definition) is 6. The number of thioether (sulfide) groups is 2. The van der Waals surface area contributed by atoms with E-state index in [1.165, 1.54) is 0 Å². The first-order valence-corrected chi connectivity index (χ1v) is 11.1. The van der Waals surface area contributed by atoms with Crippen LogP contribution in [0.1, 0.15) is 31.8 Å². The molecule has 4 nitrogen and oxygen atoms in total. The van der Waals surface area contributed by atoms with Gasteiger partial charge in [-0.1, -0.05) is 24.3 Å². The summed E-state index contributed by atoms with van der Waals surface area (Å²) in [5.41, 5.74) is 1.47. The fraction of sp³-hybridized carbons (Fsp3) is 0.300. The molecule has 1 aliphatic carbocycles. The molecule has 3 rings (SSSR count). The van der Waals surface area contributed by atoms with Crippen LogP contribution in [-0.4, -0.2) is 48.8 Å². The molecule has 26 heavy (non-hydrogen) atoms. The smallest absolute Gasteiger partial charge is 0.198 e. The average molecular weight is 389 g/mol. The summed E-state index contributed by atoms with van der Waals surface area (Å²) in [6.07, 6.45) is 3.99. The lowest BCUT2D eigenvalue weighted by molar-refractivity contribution is 0.0972. The van der Waals surface area contributed by atoms with Gasteiger partial charge in [-0.3, -0.25) is 9.59 Å². The normalized spacial score (nSPS) is 12.5. The third kappa shape index (κ3) is 3.62. The molecule has 2 aromatic rings. The summed E-state index contributed by atoms with van der Waals surface area (Å²) < 4.78 is 11.5. The van der Waals surface area contributed by atoms with Gasteiger partial charge in [0.1, 0.15) is 11.5 Å². The third-order valence-electron chi connectivity index (χ3n) is 4.09. The van der Waals surface area contributed by atoms with E-state index in [0.717, 1.165) is 11.5 Å². The molecule has 0 atom stereocenters. The SMILES string of the molecule is CSCCOc1cccc2c1C(=O)c1cccc(OCCSC)c1C2=O. The molecule has 0 unspecified atom stereocenters. The van der Waals surface area contributed by atoms with Crippen molar-refractivity contribution in [2.75, 3.05) is 37.2 Å². The summed E-state index contributed by atoms with van der Waals surface area (Å²) in [6, 6.07) is 10.3. The summed E-state index contributed by atoms with van der Waals surface area (Å²) in [4.78, 5) is 26.2. The average Bonchev–Trinajstić information content (AvgIpc) is 2.66. The zero-order valence-electron chi connectivity index (χ0n) is 14.7. The van der Waals surface area contributed by atoms with E-state index < -0.39 is 0 Å². The van der Waals surface area contributed by atoms with Gasteiger partial charge in [-0.2, -0.15) is 23.5 Å². The van der Waals surface area contributed by atoms with Gasteiger partial charge >= 0.3 is 0 Å². The van der Waals surface area contributed by atoms with Crippen molar-refractivity contribution in [1.29, 1.82) is 0 Å². The molecule has 0 bridgehead atoms. The van der Waals surface area contributed by atoms with Gasteiger partial charge in [-0.05, 0) is 24.6 Å². The van der Waals surface area contributed by atoms with Gasteiger partial charge in [0.2, 0.25) is 0 Å². The molecular weight excluding hydrogens is 368 g/mol. The van der Waals surface area contributed by atoms with E-state index in [-0.39, 0.29) is 11.6 Å². The first-order chi connectivity index (χ1) is 12.7. The molecule has 0 saturated carbocycles. The number of hydrogen-bond donors (Lipinski definition) is 0. The fourth-order valence-corrected chi connectivity index (χ4v) is 3.39. The number of carbonyl (C=O) groups excluding carboxylic acids is 2. The maximum absolute atomic E-state index is 13.1. The molecule has 136 valence electrons. The van der Waals surface area contributed by atoms with Crippen LogP contribution in [0.3, 0.4) is 0 Å². The zero-order chi connectivity index (χ0) is 18.5.